The zero-order chi connectivity index (χ0) is 15.4. The summed E-state index contributed by atoms with van der Waals surface area (Å²) in [6, 6.07) is 11.2. The Morgan fingerprint density at radius 2 is 1.57 bits per heavy atom. The summed E-state index contributed by atoms with van der Waals surface area (Å²) in [6.45, 7) is 4.19. The molecule has 0 aliphatic heterocycles. The Kier molecular flexibility index (Phi) is 4.88. The highest BCUT2D eigenvalue weighted by Gasteiger charge is 2.17. The van der Waals surface area contributed by atoms with Crippen LogP contribution < -0.4 is 14.9 Å². The standard InChI is InChI=1S/C16H19BO4/c1-11-4-6-15(20-3)13(8-11)10-21-16-7-5-12(2)9-14(16)17(18)19/h4-9,18-19H,10H2,1-3H3. The zero-order valence-corrected chi connectivity index (χ0v) is 12.5. The lowest BCUT2D eigenvalue weighted by atomic mass is 9.79. The molecule has 110 valence electrons. The van der Waals surface area contributed by atoms with E-state index >= 15 is 0 Å². The third kappa shape index (κ3) is 3.77. The minimum absolute atomic E-state index is 0.299. The van der Waals surface area contributed by atoms with Crippen LogP contribution in [0.2, 0.25) is 0 Å². The average Bonchev–Trinajstić information content (AvgIpc) is 2.46. The summed E-state index contributed by atoms with van der Waals surface area (Å²) < 4.78 is 11.0. The van der Waals surface area contributed by atoms with Gasteiger partial charge in [-0.15, -0.1) is 0 Å². The quantitative estimate of drug-likeness (QED) is 0.819. The second-order valence-corrected chi connectivity index (χ2v) is 5.02. The smallest absolute Gasteiger partial charge is 0.492 e. The number of rotatable bonds is 5. The first kappa shape index (κ1) is 15.4. The van der Waals surface area contributed by atoms with Gasteiger partial charge in [0.25, 0.3) is 0 Å². The van der Waals surface area contributed by atoms with Crippen molar-refractivity contribution < 1.29 is 19.5 Å². The molecule has 0 saturated heterocycles. The Balaban J connectivity index is 2.22. The second kappa shape index (κ2) is 6.65. The molecule has 2 aromatic rings. The van der Waals surface area contributed by atoms with Crippen LogP contribution in [0.4, 0.5) is 0 Å². The SMILES string of the molecule is COc1ccc(C)cc1COc1ccc(C)cc1B(O)O. The van der Waals surface area contributed by atoms with Gasteiger partial charge in [-0.2, -0.15) is 0 Å². The minimum Gasteiger partial charge on any atom is -0.496 e. The summed E-state index contributed by atoms with van der Waals surface area (Å²) in [7, 11) is 0.0578. The molecule has 0 unspecified atom stereocenters. The number of methoxy groups -OCH3 is 1. The average molecular weight is 286 g/mol. The Labute approximate surface area is 125 Å². The van der Waals surface area contributed by atoms with E-state index in [4.69, 9.17) is 9.47 Å². The summed E-state index contributed by atoms with van der Waals surface area (Å²) in [5, 5.41) is 18.8. The van der Waals surface area contributed by atoms with Gasteiger partial charge in [-0.25, -0.2) is 0 Å². The first-order chi connectivity index (χ1) is 10.0. The molecule has 0 aliphatic carbocycles. The van der Waals surface area contributed by atoms with E-state index < -0.39 is 7.12 Å². The van der Waals surface area contributed by atoms with Gasteiger partial charge in [-0.3, -0.25) is 0 Å². The molecule has 0 fully saturated rings. The van der Waals surface area contributed by atoms with Crippen molar-refractivity contribution in [2.75, 3.05) is 7.11 Å². The molecule has 0 heterocycles. The molecule has 2 N–H and O–H groups in total. The van der Waals surface area contributed by atoms with E-state index in [2.05, 4.69) is 0 Å². The third-order valence-electron chi connectivity index (χ3n) is 3.26. The van der Waals surface area contributed by atoms with E-state index in [1.165, 1.54) is 0 Å². The van der Waals surface area contributed by atoms with Crippen LogP contribution in [0.3, 0.4) is 0 Å². The van der Waals surface area contributed by atoms with Gasteiger partial charge in [0.15, 0.2) is 0 Å². The van der Waals surface area contributed by atoms with E-state index in [1.807, 2.05) is 38.1 Å². The molecule has 0 aromatic heterocycles. The predicted molar refractivity (Wildman–Crippen MR) is 83.1 cm³/mol. The molecule has 0 spiro atoms. The van der Waals surface area contributed by atoms with Crippen molar-refractivity contribution in [3.05, 3.63) is 53.1 Å². The molecule has 0 saturated carbocycles. The van der Waals surface area contributed by atoms with Crippen molar-refractivity contribution in [1.82, 2.24) is 0 Å². The summed E-state index contributed by atoms with van der Waals surface area (Å²) >= 11 is 0. The Hall–Kier alpha value is -1.98. The van der Waals surface area contributed by atoms with Crippen LogP contribution >= 0.6 is 0 Å². The topological polar surface area (TPSA) is 58.9 Å². The van der Waals surface area contributed by atoms with Crippen LogP contribution in [0.15, 0.2) is 36.4 Å². The monoisotopic (exact) mass is 286 g/mol. The summed E-state index contributed by atoms with van der Waals surface area (Å²) in [6.07, 6.45) is 0. The van der Waals surface area contributed by atoms with Crippen LogP contribution in [0.1, 0.15) is 16.7 Å². The fraction of sp³-hybridized carbons (Fsp3) is 0.250. The van der Waals surface area contributed by atoms with Gasteiger partial charge in [0.2, 0.25) is 0 Å². The normalized spacial score (nSPS) is 10.3. The minimum atomic E-state index is -1.56. The number of hydrogen-bond acceptors (Lipinski definition) is 4. The van der Waals surface area contributed by atoms with Crippen molar-refractivity contribution in [3.8, 4) is 11.5 Å². The van der Waals surface area contributed by atoms with Gasteiger partial charge in [0.1, 0.15) is 18.1 Å². The van der Waals surface area contributed by atoms with Crippen LogP contribution in [-0.4, -0.2) is 24.3 Å². The summed E-state index contributed by atoms with van der Waals surface area (Å²) in [5.41, 5.74) is 3.33. The van der Waals surface area contributed by atoms with E-state index in [1.54, 1.807) is 19.2 Å². The molecular weight excluding hydrogens is 267 g/mol. The lowest BCUT2D eigenvalue weighted by molar-refractivity contribution is 0.297. The molecule has 4 nitrogen and oxygen atoms in total. The number of hydrogen-bond donors (Lipinski definition) is 2. The van der Waals surface area contributed by atoms with Crippen molar-refractivity contribution in [3.63, 3.8) is 0 Å². The van der Waals surface area contributed by atoms with Crippen molar-refractivity contribution in [2.24, 2.45) is 0 Å². The molecule has 0 radical (unpaired) electrons. The molecular formula is C16H19BO4. The van der Waals surface area contributed by atoms with E-state index in [0.717, 1.165) is 22.4 Å². The second-order valence-electron chi connectivity index (χ2n) is 5.02. The first-order valence-electron chi connectivity index (χ1n) is 6.74. The fourth-order valence-corrected chi connectivity index (χ4v) is 2.18. The maximum absolute atomic E-state index is 9.42. The highest BCUT2D eigenvalue weighted by atomic mass is 16.5. The Morgan fingerprint density at radius 3 is 2.19 bits per heavy atom. The largest absolute Gasteiger partial charge is 0.496 e. The first-order valence-corrected chi connectivity index (χ1v) is 6.74. The van der Waals surface area contributed by atoms with E-state index in [9.17, 15) is 10.0 Å². The number of benzene rings is 2. The summed E-state index contributed by atoms with van der Waals surface area (Å²) in [5.74, 6) is 1.21. The fourth-order valence-electron chi connectivity index (χ4n) is 2.18. The highest BCUT2D eigenvalue weighted by molar-refractivity contribution is 6.59. The lowest BCUT2D eigenvalue weighted by Gasteiger charge is -2.14. The van der Waals surface area contributed by atoms with Gasteiger partial charge < -0.3 is 19.5 Å². The van der Waals surface area contributed by atoms with Gasteiger partial charge in [0, 0.05) is 11.0 Å². The molecule has 2 rings (SSSR count). The molecule has 0 atom stereocenters. The van der Waals surface area contributed by atoms with Crippen LogP contribution in [-0.2, 0) is 6.61 Å². The number of aryl methyl sites for hydroxylation is 2. The molecule has 0 aliphatic rings. The maximum Gasteiger partial charge on any atom is 0.492 e. The molecule has 2 aromatic carbocycles. The van der Waals surface area contributed by atoms with Gasteiger partial charge in [-0.1, -0.05) is 29.3 Å². The van der Waals surface area contributed by atoms with E-state index in [-0.39, 0.29) is 0 Å². The van der Waals surface area contributed by atoms with Crippen LogP contribution in [0.25, 0.3) is 0 Å². The van der Waals surface area contributed by atoms with Gasteiger partial charge >= 0.3 is 7.12 Å². The van der Waals surface area contributed by atoms with E-state index in [0.29, 0.717) is 17.8 Å². The highest BCUT2D eigenvalue weighted by Crippen LogP contribution is 2.21. The third-order valence-corrected chi connectivity index (χ3v) is 3.26. The Morgan fingerprint density at radius 1 is 0.952 bits per heavy atom. The lowest BCUT2D eigenvalue weighted by Crippen LogP contribution is -2.31. The zero-order valence-electron chi connectivity index (χ0n) is 12.5. The predicted octanol–water partition coefficient (Wildman–Crippen LogP) is 1.57. The Bertz CT molecular complexity index is 626. The number of ether oxygens (including phenoxy) is 2. The van der Waals surface area contributed by atoms with Crippen molar-refractivity contribution in [1.29, 1.82) is 0 Å². The summed E-state index contributed by atoms with van der Waals surface area (Å²) in [4.78, 5) is 0. The van der Waals surface area contributed by atoms with Crippen LogP contribution in [0, 0.1) is 13.8 Å². The molecule has 5 heteroatoms. The van der Waals surface area contributed by atoms with Gasteiger partial charge in [-0.05, 0) is 32.0 Å². The molecule has 21 heavy (non-hydrogen) atoms. The van der Waals surface area contributed by atoms with Crippen molar-refractivity contribution in [2.45, 2.75) is 20.5 Å². The van der Waals surface area contributed by atoms with Gasteiger partial charge in [0.05, 0.1) is 7.11 Å². The maximum atomic E-state index is 9.42. The van der Waals surface area contributed by atoms with Crippen LogP contribution in [0.5, 0.6) is 11.5 Å². The molecule has 0 amide bonds. The van der Waals surface area contributed by atoms with Crippen molar-refractivity contribution >= 4 is 12.6 Å². The molecule has 0 bridgehead atoms.